The van der Waals surface area contributed by atoms with Crippen LogP contribution in [0.4, 0.5) is 0 Å². The average molecular weight is 277 g/mol. The maximum absolute atomic E-state index is 9.71. The fourth-order valence-electron chi connectivity index (χ4n) is 1.80. The molecule has 0 saturated carbocycles. The average Bonchev–Trinajstić information content (AvgIpc) is 2.46. The van der Waals surface area contributed by atoms with E-state index in [1.807, 2.05) is 55.5 Å². The van der Waals surface area contributed by atoms with E-state index < -0.39 is 6.10 Å². The number of rotatable bonds is 5. The summed E-state index contributed by atoms with van der Waals surface area (Å²) >= 11 is 6.06. The molecule has 2 nitrogen and oxygen atoms in total. The molecule has 0 spiro atoms. The minimum atomic E-state index is -0.405. The molecule has 0 bridgehead atoms. The summed E-state index contributed by atoms with van der Waals surface area (Å²) in [6.07, 6.45) is 0.303. The molecule has 0 saturated heterocycles. The van der Waals surface area contributed by atoms with Crippen molar-refractivity contribution < 1.29 is 9.84 Å². The molecule has 0 heterocycles. The molecule has 2 aromatic carbocycles. The van der Waals surface area contributed by atoms with E-state index in [0.29, 0.717) is 18.1 Å². The summed E-state index contributed by atoms with van der Waals surface area (Å²) in [7, 11) is 0. The van der Waals surface area contributed by atoms with Crippen LogP contribution >= 0.6 is 11.6 Å². The second-order valence-corrected chi connectivity index (χ2v) is 4.78. The summed E-state index contributed by atoms with van der Waals surface area (Å²) < 4.78 is 5.68. The molecule has 3 heteroatoms. The molecule has 0 radical (unpaired) electrons. The minimum absolute atomic E-state index is 0.405. The van der Waals surface area contributed by atoms with Crippen molar-refractivity contribution in [3.8, 4) is 5.75 Å². The Morgan fingerprint density at radius 3 is 2.42 bits per heavy atom. The van der Waals surface area contributed by atoms with Gasteiger partial charge in [0.2, 0.25) is 0 Å². The van der Waals surface area contributed by atoms with E-state index in [2.05, 4.69) is 0 Å². The van der Waals surface area contributed by atoms with Crippen LogP contribution in [0.5, 0.6) is 5.75 Å². The molecule has 0 aliphatic carbocycles. The van der Waals surface area contributed by atoms with Crippen molar-refractivity contribution in [1.29, 1.82) is 0 Å². The van der Waals surface area contributed by atoms with Gasteiger partial charge in [-0.3, -0.25) is 0 Å². The van der Waals surface area contributed by atoms with Gasteiger partial charge in [-0.05, 0) is 30.2 Å². The van der Waals surface area contributed by atoms with Crippen molar-refractivity contribution in [3.05, 3.63) is 64.7 Å². The van der Waals surface area contributed by atoms with E-state index in [1.165, 1.54) is 0 Å². The number of benzene rings is 2. The van der Waals surface area contributed by atoms with E-state index in [4.69, 9.17) is 16.3 Å². The summed E-state index contributed by atoms with van der Waals surface area (Å²) in [4.78, 5) is 0. The molecular weight excluding hydrogens is 260 g/mol. The van der Waals surface area contributed by atoms with E-state index >= 15 is 0 Å². The SMILES string of the molecule is CC[C@@H](O)c1ccc(OCc2ccccc2Cl)cc1. The van der Waals surface area contributed by atoms with Gasteiger partial charge in [-0.25, -0.2) is 0 Å². The molecular formula is C16H17ClO2. The van der Waals surface area contributed by atoms with Gasteiger partial charge in [-0.2, -0.15) is 0 Å². The van der Waals surface area contributed by atoms with Gasteiger partial charge in [0, 0.05) is 10.6 Å². The lowest BCUT2D eigenvalue weighted by Crippen LogP contribution is -1.98. The smallest absolute Gasteiger partial charge is 0.119 e. The molecule has 100 valence electrons. The van der Waals surface area contributed by atoms with Crippen molar-refractivity contribution in [2.24, 2.45) is 0 Å². The van der Waals surface area contributed by atoms with Crippen LogP contribution in [-0.4, -0.2) is 5.11 Å². The van der Waals surface area contributed by atoms with Crippen molar-refractivity contribution in [1.82, 2.24) is 0 Å². The fraction of sp³-hybridized carbons (Fsp3) is 0.250. The Kier molecular flexibility index (Phi) is 4.83. The fourth-order valence-corrected chi connectivity index (χ4v) is 1.99. The molecule has 0 unspecified atom stereocenters. The number of aliphatic hydroxyl groups is 1. The Bertz CT molecular complexity index is 523. The highest BCUT2D eigenvalue weighted by Gasteiger charge is 2.05. The van der Waals surface area contributed by atoms with Crippen LogP contribution in [0.3, 0.4) is 0 Å². The van der Waals surface area contributed by atoms with Crippen LogP contribution in [0.1, 0.15) is 30.6 Å². The van der Waals surface area contributed by atoms with Crippen LogP contribution in [-0.2, 0) is 6.61 Å². The molecule has 0 aromatic heterocycles. The number of hydrogen-bond acceptors (Lipinski definition) is 2. The van der Waals surface area contributed by atoms with Gasteiger partial charge in [0.05, 0.1) is 6.10 Å². The maximum Gasteiger partial charge on any atom is 0.119 e. The second-order valence-electron chi connectivity index (χ2n) is 4.37. The molecule has 0 fully saturated rings. The highest BCUT2D eigenvalue weighted by Crippen LogP contribution is 2.22. The quantitative estimate of drug-likeness (QED) is 0.879. The molecule has 2 rings (SSSR count). The first-order chi connectivity index (χ1) is 9.20. The van der Waals surface area contributed by atoms with Crippen LogP contribution in [0.15, 0.2) is 48.5 Å². The largest absolute Gasteiger partial charge is 0.489 e. The molecule has 2 aromatic rings. The van der Waals surface area contributed by atoms with Gasteiger partial charge in [-0.15, -0.1) is 0 Å². The Labute approximate surface area is 118 Å². The van der Waals surface area contributed by atoms with E-state index in [-0.39, 0.29) is 0 Å². The zero-order valence-corrected chi connectivity index (χ0v) is 11.6. The number of aliphatic hydroxyl groups excluding tert-OH is 1. The standard InChI is InChI=1S/C16H17ClO2/c1-2-16(18)12-7-9-14(10-8-12)19-11-13-5-3-4-6-15(13)17/h3-10,16,18H,2,11H2,1H3/t16-/m1/s1. The Hall–Kier alpha value is -1.51. The third-order valence-corrected chi connectivity index (χ3v) is 3.37. The van der Waals surface area contributed by atoms with Crippen LogP contribution < -0.4 is 4.74 Å². The first-order valence-corrected chi connectivity index (χ1v) is 6.72. The Balaban J connectivity index is 1.99. The zero-order chi connectivity index (χ0) is 13.7. The molecule has 0 amide bonds. The third kappa shape index (κ3) is 3.72. The van der Waals surface area contributed by atoms with Gasteiger partial charge >= 0.3 is 0 Å². The highest BCUT2D eigenvalue weighted by atomic mass is 35.5. The molecule has 0 aliphatic rings. The first-order valence-electron chi connectivity index (χ1n) is 6.35. The number of ether oxygens (including phenoxy) is 1. The summed E-state index contributed by atoms with van der Waals surface area (Å²) in [6, 6.07) is 15.1. The van der Waals surface area contributed by atoms with Crippen molar-refractivity contribution in [2.45, 2.75) is 26.1 Å². The number of hydrogen-bond donors (Lipinski definition) is 1. The maximum atomic E-state index is 9.71. The topological polar surface area (TPSA) is 29.5 Å². The molecule has 1 atom stereocenters. The van der Waals surface area contributed by atoms with Crippen LogP contribution in [0.25, 0.3) is 0 Å². The summed E-state index contributed by atoms with van der Waals surface area (Å²) in [6.45, 7) is 2.39. The predicted octanol–water partition coefficient (Wildman–Crippen LogP) is 4.36. The molecule has 0 aliphatic heterocycles. The second kappa shape index (κ2) is 6.60. The third-order valence-electron chi connectivity index (χ3n) is 3.00. The van der Waals surface area contributed by atoms with Gasteiger partial charge < -0.3 is 9.84 Å². The lowest BCUT2D eigenvalue weighted by molar-refractivity contribution is 0.173. The lowest BCUT2D eigenvalue weighted by atomic mass is 10.1. The van der Waals surface area contributed by atoms with Gasteiger partial charge in [-0.1, -0.05) is 48.9 Å². The Morgan fingerprint density at radius 2 is 1.79 bits per heavy atom. The van der Waals surface area contributed by atoms with Crippen molar-refractivity contribution in [3.63, 3.8) is 0 Å². The normalized spacial score (nSPS) is 12.2. The van der Waals surface area contributed by atoms with E-state index in [9.17, 15) is 5.11 Å². The van der Waals surface area contributed by atoms with Gasteiger partial charge in [0.15, 0.2) is 0 Å². The summed E-state index contributed by atoms with van der Waals surface area (Å²) in [5.74, 6) is 0.770. The highest BCUT2D eigenvalue weighted by molar-refractivity contribution is 6.31. The van der Waals surface area contributed by atoms with Crippen LogP contribution in [0, 0.1) is 0 Å². The summed E-state index contributed by atoms with van der Waals surface area (Å²) in [5, 5.41) is 10.4. The zero-order valence-electron chi connectivity index (χ0n) is 10.8. The van der Waals surface area contributed by atoms with Gasteiger partial charge in [0.25, 0.3) is 0 Å². The van der Waals surface area contributed by atoms with E-state index in [1.54, 1.807) is 0 Å². The Morgan fingerprint density at radius 1 is 1.11 bits per heavy atom. The number of halogens is 1. The first kappa shape index (κ1) is 13.9. The summed E-state index contributed by atoms with van der Waals surface area (Å²) in [5.41, 5.74) is 1.87. The predicted molar refractivity (Wildman–Crippen MR) is 77.5 cm³/mol. The van der Waals surface area contributed by atoms with Crippen LogP contribution in [0.2, 0.25) is 5.02 Å². The van der Waals surface area contributed by atoms with E-state index in [0.717, 1.165) is 16.9 Å². The monoisotopic (exact) mass is 276 g/mol. The minimum Gasteiger partial charge on any atom is -0.489 e. The molecule has 1 N–H and O–H groups in total. The lowest BCUT2D eigenvalue weighted by Gasteiger charge is -2.10. The van der Waals surface area contributed by atoms with Crippen molar-refractivity contribution >= 4 is 11.6 Å². The molecule has 19 heavy (non-hydrogen) atoms. The van der Waals surface area contributed by atoms with Crippen molar-refractivity contribution in [2.75, 3.05) is 0 Å². The van der Waals surface area contributed by atoms with Gasteiger partial charge in [0.1, 0.15) is 12.4 Å².